The van der Waals surface area contributed by atoms with Crippen LogP contribution in [0.4, 0.5) is 5.69 Å². The summed E-state index contributed by atoms with van der Waals surface area (Å²) in [6.45, 7) is 6.99. The van der Waals surface area contributed by atoms with Gasteiger partial charge in [0.2, 0.25) is 0 Å². The Bertz CT molecular complexity index is 1110. The fourth-order valence-corrected chi connectivity index (χ4v) is 3.95. The molecule has 1 saturated heterocycles. The highest BCUT2D eigenvalue weighted by molar-refractivity contribution is 6.03. The van der Waals surface area contributed by atoms with Crippen molar-refractivity contribution >= 4 is 17.6 Å². The van der Waals surface area contributed by atoms with Gasteiger partial charge in [0.15, 0.2) is 17.8 Å². The second kappa shape index (κ2) is 8.63. The Morgan fingerprint density at radius 1 is 1.00 bits per heavy atom. The molecule has 160 valence electrons. The molecule has 0 spiro atoms. The number of carbonyl (C=O) groups is 2. The van der Waals surface area contributed by atoms with Crippen LogP contribution in [0.15, 0.2) is 53.3 Å². The Hall–Kier alpha value is -3.61. The monoisotopic (exact) mass is 419 g/mol. The zero-order valence-electron chi connectivity index (χ0n) is 17.9. The Labute approximate surface area is 181 Å². The number of hydrogen-bond acceptors (Lipinski definition) is 6. The van der Waals surface area contributed by atoms with Gasteiger partial charge in [0.05, 0.1) is 12.7 Å². The van der Waals surface area contributed by atoms with Gasteiger partial charge >= 0.3 is 5.97 Å². The third-order valence-corrected chi connectivity index (χ3v) is 5.83. The first kappa shape index (κ1) is 20.7. The Morgan fingerprint density at radius 3 is 2.48 bits per heavy atom. The number of piperazine rings is 1. The largest absolute Gasteiger partial charge is 0.464 e. The number of carbonyl (C=O) groups excluding carboxylic acids is 2. The predicted molar refractivity (Wildman–Crippen MR) is 117 cm³/mol. The lowest BCUT2D eigenvalue weighted by atomic mass is 10.0. The summed E-state index contributed by atoms with van der Waals surface area (Å²) in [6.07, 6.45) is 1.19. The number of oxazole rings is 1. The van der Waals surface area contributed by atoms with Gasteiger partial charge in [0.1, 0.15) is 0 Å². The number of nitrogens with zero attached hydrogens (tertiary/aromatic N) is 3. The Morgan fingerprint density at radius 2 is 1.74 bits per heavy atom. The molecule has 0 N–H and O–H groups in total. The van der Waals surface area contributed by atoms with Crippen molar-refractivity contribution in [2.45, 2.75) is 13.8 Å². The van der Waals surface area contributed by atoms with E-state index in [0.29, 0.717) is 24.2 Å². The fourth-order valence-electron chi connectivity index (χ4n) is 3.95. The van der Waals surface area contributed by atoms with Crippen molar-refractivity contribution in [3.8, 4) is 11.3 Å². The molecule has 0 unspecified atom stereocenters. The molecule has 2 heterocycles. The van der Waals surface area contributed by atoms with Crippen molar-refractivity contribution in [3.63, 3.8) is 0 Å². The van der Waals surface area contributed by atoms with Crippen molar-refractivity contribution in [1.29, 1.82) is 0 Å². The highest BCUT2D eigenvalue weighted by atomic mass is 16.5. The van der Waals surface area contributed by atoms with Gasteiger partial charge < -0.3 is 19.0 Å². The van der Waals surface area contributed by atoms with Crippen LogP contribution in [-0.2, 0) is 4.74 Å². The summed E-state index contributed by atoms with van der Waals surface area (Å²) < 4.78 is 10.2. The summed E-state index contributed by atoms with van der Waals surface area (Å²) >= 11 is 0. The van der Waals surface area contributed by atoms with Gasteiger partial charge in [-0.15, -0.1) is 0 Å². The maximum absolute atomic E-state index is 13.4. The molecule has 0 radical (unpaired) electrons. The molecule has 1 aromatic heterocycles. The molecule has 0 bridgehead atoms. The van der Waals surface area contributed by atoms with Crippen molar-refractivity contribution in [3.05, 3.63) is 71.2 Å². The summed E-state index contributed by atoms with van der Waals surface area (Å²) in [7, 11) is 1.28. The molecule has 1 fully saturated rings. The molecular formula is C24H25N3O4. The molecule has 7 heteroatoms. The molecule has 2 aromatic carbocycles. The molecule has 31 heavy (non-hydrogen) atoms. The standard InChI is InChI=1S/C24H25N3O4/c1-16-7-6-10-20(17(16)2)26-11-13-27(14-12-26)23(28)19-9-5-4-8-18(19)22-21(24(29)30-3)25-15-31-22/h4-10,15H,11-14H2,1-3H3. The minimum atomic E-state index is -0.604. The van der Waals surface area contributed by atoms with Gasteiger partial charge in [-0.05, 0) is 37.1 Å². The van der Waals surface area contributed by atoms with E-state index in [4.69, 9.17) is 9.15 Å². The number of aromatic nitrogens is 1. The zero-order valence-corrected chi connectivity index (χ0v) is 17.9. The highest BCUT2D eigenvalue weighted by Crippen LogP contribution is 2.29. The Kier molecular flexibility index (Phi) is 5.75. The van der Waals surface area contributed by atoms with Crippen molar-refractivity contribution < 1.29 is 18.7 Å². The number of benzene rings is 2. The lowest BCUT2D eigenvalue weighted by molar-refractivity contribution is 0.0594. The van der Waals surface area contributed by atoms with Gasteiger partial charge in [-0.25, -0.2) is 9.78 Å². The summed E-state index contributed by atoms with van der Waals surface area (Å²) in [6, 6.07) is 13.4. The van der Waals surface area contributed by atoms with E-state index in [9.17, 15) is 9.59 Å². The molecule has 0 saturated carbocycles. The first-order valence-corrected chi connectivity index (χ1v) is 10.2. The first-order valence-electron chi connectivity index (χ1n) is 10.2. The van der Waals surface area contributed by atoms with Crippen LogP contribution in [0.2, 0.25) is 0 Å². The van der Waals surface area contributed by atoms with Crippen LogP contribution in [0.5, 0.6) is 0 Å². The second-order valence-electron chi connectivity index (χ2n) is 7.57. The lowest BCUT2D eigenvalue weighted by Crippen LogP contribution is -2.49. The van der Waals surface area contributed by atoms with E-state index in [0.717, 1.165) is 13.1 Å². The van der Waals surface area contributed by atoms with Crippen LogP contribution in [0.25, 0.3) is 11.3 Å². The summed E-state index contributed by atoms with van der Waals surface area (Å²) in [5, 5.41) is 0. The van der Waals surface area contributed by atoms with E-state index in [2.05, 4.69) is 41.9 Å². The molecular weight excluding hydrogens is 394 g/mol. The average molecular weight is 419 g/mol. The third-order valence-electron chi connectivity index (χ3n) is 5.83. The minimum absolute atomic E-state index is 0.0579. The average Bonchev–Trinajstić information content (AvgIpc) is 3.30. The second-order valence-corrected chi connectivity index (χ2v) is 7.57. The fraction of sp³-hybridized carbons (Fsp3) is 0.292. The number of anilines is 1. The van der Waals surface area contributed by atoms with Gasteiger partial charge in [0, 0.05) is 37.4 Å². The first-order chi connectivity index (χ1) is 15.0. The van der Waals surface area contributed by atoms with Gasteiger partial charge in [-0.2, -0.15) is 0 Å². The number of amides is 1. The number of methoxy groups -OCH3 is 1. The van der Waals surface area contributed by atoms with Crippen molar-refractivity contribution in [2.75, 3.05) is 38.2 Å². The molecule has 3 aromatic rings. The van der Waals surface area contributed by atoms with Crippen LogP contribution in [-0.4, -0.2) is 55.0 Å². The Balaban J connectivity index is 1.55. The van der Waals surface area contributed by atoms with Crippen LogP contribution in [0.3, 0.4) is 0 Å². The quantitative estimate of drug-likeness (QED) is 0.600. The van der Waals surface area contributed by atoms with E-state index < -0.39 is 5.97 Å². The number of rotatable bonds is 4. The zero-order chi connectivity index (χ0) is 22.0. The van der Waals surface area contributed by atoms with Gasteiger partial charge in [-0.3, -0.25) is 4.79 Å². The van der Waals surface area contributed by atoms with E-state index in [1.165, 1.54) is 30.3 Å². The summed E-state index contributed by atoms with van der Waals surface area (Å²) in [5.74, 6) is -0.457. The smallest absolute Gasteiger partial charge is 0.360 e. The molecule has 0 atom stereocenters. The maximum Gasteiger partial charge on any atom is 0.360 e. The normalized spacial score (nSPS) is 13.9. The minimum Gasteiger partial charge on any atom is -0.464 e. The highest BCUT2D eigenvalue weighted by Gasteiger charge is 2.28. The molecule has 4 rings (SSSR count). The third kappa shape index (κ3) is 3.91. The SMILES string of the molecule is COC(=O)c1ncoc1-c1ccccc1C(=O)N1CCN(c2cccc(C)c2C)CC1. The number of aryl methyl sites for hydroxylation is 1. The predicted octanol–water partition coefficient (Wildman–Crippen LogP) is 3.71. The topological polar surface area (TPSA) is 75.9 Å². The maximum atomic E-state index is 13.4. The molecule has 7 nitrogen and oxygen atoms in total. The summed E-state index contributed by atoms with van der Waals surface area (Å²) in [5.41, 5.74) is 4.82. The van der Waals surface area contributed by atoms with Crippen LogP contribution in [0, 0.1) is 13.8 Å². The van der Waals surface area contributed by atoms with Crippen LogP contribution < -0.4 is 4.90 Å². The van der Waals surface area contributed by atoms with Gasteiger partial charge in [-0.1, -0.05) is 30.3 Å². The number of esters is 1. The van der Waals surface area contributed by atoms with E-state index in [1.54, 1.807) is 24.3 Å². The van der Waals surface area contributed by atoms with E-state index >= 15 is 0 Å². The molecule has 1 amide bonds. The van der Waals surface area contributed by atoms with Gasteiger partial charge in [0.25, 0.3) is 5.91 Å². The van der Waals surface area contributed by atoms with Crippen molar-refractivity contribution in [2.24, 2.45) is 0 Å². The van der Waals surface area contributed by atoms with E-state index in [1.807, 2.05) is 4.90 Å². The number of hydrogen-bond donors (Lipinski definition) is 0. The molecule has 1 aliphatic heterocycles. The van der Waals surface area contributed by atoms with Crippen LogP contribution in [0.1, 0.15) is 32.0 Å². The van der Waals surface area contributed by atoms with Crippen LogP contribution >= 0.6 is 0 Å². The summed E-state index contributed by atoms with van der Waals surface area (Å²) in [4.78, 5) is 33.5. The number of ether oxygens (including phenoxy) is 1. The van der Waals surface area contributed by atoms with Crippen molar-refractivity contribution in [1.82, 2.24) is 9.88 Å². The molecule has 0 aliphatic carbocycles. The van der Waals surface area contributed by atoms with E-state index in [-0.39, 0.29) is 17.4 Å². The lowest BCUT2D eigenvalue weighted by Gasteiger charge is -2.37. The molecule has 1 aliphatic rings.